The van der Waals surface area contributed by atoms with Crippen LogP contribution >= 0.6 is 0 Å². The summed E-state index contributed by atoms with van der Waals surface area (Å²) >= 11 is 0. The number of carbonyl (C=O) groups is 5. The number of primary amides is 1. The van der Waals surface area contributed by atoms with Crippen LogP contribution in [0.25, 0.3) is 0 Å². The third kappa shape index (κ3) is 6.26. The monoisotopic (exact) mass is 519 g/mol. The van der Waals surface area contributed by atoms with Gasteiger partial charge in [0.2, 0.25) is 17.6 Å². The zero-order chi connectivity index (χ0) is 27.7. The lowest BCUT2D eigenvalue weighted by atomic mass is 9.85. The van der Waals surface area contributed by atoms with Gasteiger partial charge >= 0.3 is 6.03 Å². The van der Waals surface area contributed by atoms with Crippen molar-refractivity contribution in [2.75, 3.05) is 6.54 Å². The summed E-state index contributed by atoms with van der Waals surface area (Å²) in [5.41, 5.74) is 4.47. The average Bonchev–Trinajstić information content (AvgIpc) is 3.15. The standard InChI is InChI=1S/C27H45N5O5/c1-7-11-17(20(33)22(28)34)30-23(35)19-18-16(27(18,5)6)14-32(19)24(36)21(26(2,3)4)31-25(37)29-15-12-9-8-10-13-15/h15-19,21H,7-14H2,1-6H3,(H2,28,34)(H,30,35)(H2,29,31,37)/t16-,17?,18-,19-,21+/m0/s1. The molecule has 208 valence electrons. The third-order valence-corrected chi connectivity index (χ3v) is 8.54. The van der Waals surface area contributed by atoms with Gasteiger partial charge in [0, 0.05) is 12.6 Å². The summed E-state index contributed by atoms with van der Waals surface area (Å²) in [4.78, 5) is 65.8. The van der Waals surface area contributed by atoms with Crippen molar-refractivity contribution in [3.05, 3.63) is 0 Å². The van der Waals surface area contributed by atoms with Gasteiger partial charge < -0.3 is 26.6 Å². The number of likely N-dealkylation sites (tertiary alicyclic amines) is 1. The summed E-state index contributed by atoms with van der Waals surface area (Å²) in [7, 11) is 0. The summed E-state index contributed by atoms with van der Waals surface area (Å²) in [5.74, 6) is -2.64. The van der Waals surface area contributed by atoms with Gasteiger partial charge in [-0.3, -0.25) is 19.2 Å². The van der Waals surface area contributed by atoms with Gasteiger partial charge in [-0.1, -0.05) is 67.2 Å². The predicted molar refractivity (Wildman–Crippen MR) is 139 cm³/mol. The quantitative estimate of drug-likeness (QED) is 0.343. The summed E-state index contributed by atoms with van der Waals surface area (Å²) < 4.78 is 0. The Bertz CT molecular complexity index is 921. The maximum Gasteiger partial charge on any atom is 0.315 e. The number of hydrogen-bond acceptors (Lipinski definition) is 5. The summed E-state index contributed by atoms with van der Waals surface area (Å²) in [5, 5.41) is 8.62. The minimum Gasteiger partial charge on any atom is -0.363 e. The van der Waals surface area contributed by atoms with Gasteiger partial charge in [-0.05, 0) is 41.9 Å². The van der Waals surface area contributed by atoms with Crippen LogP contribution in [-0.4, -0.2) is 65.1 Å². The highest BCUT2D eigenvalue weighted by Gasteiger charge is 2.69. The third-order valence-electron chi connectivity index (χ3n) is 8.54. The lowest BCUT2D eigenvalue weighted by molar-refractivity contribution is -0.145. The molecule has 0 aromatic heterocycles. The van der Waals surface area contributed by atoms with E-state index >= 15 is 0 Å². The predicted octanol–water partition coefficient (Wildman–Crippen LogP) is 1.86. The molecule has 10 heteroatoms. The molecule has 3 aliphatic rings. The molecular weight excluding hydrogens is 474 g/mol. The zero-order valence-corrected chi connectivity index (χ0v) is 23.2. The van der Waals surface area contributed by atoms with E-state index in [9.17, 15) is 24.0 Å². The van der Waals surface area contributed by atoms with E-state index in [0.717, 1.165) is 25.7 Å². The number of piperidine rings is 1. The molecule has 0 radical (unpaired) electrons. The molecule has 2 aliphatic carbocycles. The van der Waals surface area contributed by atoms with Crippen molar-refractivity contribution in [3.63, 3.8) is 0 Å². The first-order valence-electron chi connectivity index (χ1n) is 13.7. The van der Waals surface area contributed by atoms with E-state index in [2.05, 4.69) is 29.8 Å². The largest absolute Gasteiger partial charge is 0.363 e. The number of nitrogens with zero attached hydrogens (tertiary/aromatic N) is 1. The van der Waals surface area contributed by atoms with Crippen molar-refractivity contribution in [1.82, 2.24) is 20.9 Å². The molecule has 1 unspecified atom stereocenters. The Morgan fingerprint density at radius 3 is 2.19 bits per heavy atom. The SMILES string of the molecule is CCCC(NC(=O)[C@@H]1[C@@H]2[C@H](CN1C(=O)[C@@H](NC(=O)NC1CCCCC1)C(C)(C)C)C2(C)C)C(=O)C(N)=O. The molecule has 0 bridgehead atoms. The van der Waals surface area contributed by atoms with E-state index in [4.69, 9.17) is 5.73 Å². The van der Waals surface area contributed by atoms with Crippen LogP contribution in [0.1, 0.15) is 86.5 Å². The van der Waals surface area contributed by atoms with Gasteiger partial charge in [0.15, 0.2) is 0 Å². The van der Waals surface area contributed by atoms with Crippen LogP contribution < -0.4 is 21.7 Å². The van der Waals surface area contributed by atoms with Crippen molar-refractivity contribution in [1.29, 1.82) is 0 Å². The van der Waals surface area contributed by atoms with Gasteiger partial charge in [-0.2, -0.15) is 0 Å². The highest BCUT2D eigenvalue weighted by atomic mass is 16.2. The second-order valence-corrected chi connectivity index (χ2v) is 12.7. The molecule has 5 N–H and O–H groups in total. The number of Topliss-reactive ketones (excluding diaryl/α,β-unsaturated/α-hetero) is 1. The van der Waals surface area contributed by atoms with Crippen LogP contribution in [0.3, 0.4) is 0 Å². The first-order valence-corrected chi connectivity index (χ1v) is 13.7. The fraction of sp³-hybridized carbons (Fsp3) is 0.815. The van der Waals surface area contributed by atoms with Crippen molar-refractivity contribution >= 4 is 29.5 Å². The van der Waals surface area contributed by atoms with Crippen molar-refractivity contribution in [3.8, 4) is 0 Å². The Kier molecular flexibility index (Phi) is 8.59. The van der Waals surface area contributed by atoms with Crippen molar-refractivity contribution < 1.29 is 24.0 Å². The number of nitrogens with two attached hydrogens (primary N) is 1. The fourth-order valence-corrected chi connectivity index (χ4v) is 6.22. The van der Waals surface area contributed by atoms with Gasteiger partial charge in [0.05, 0.1) is 6.04 Å². The molecule has 37 heavy (non-hydrogen) atoms. The molecule has 5 atom stereocenters. The molecule has 3 fully saturated rings. The van der Waals surface area contributed by atoms with Crippen LogP contribution in [0.5, 0.6) is 0 Å². The fourth-order valence-electron chi connectivity index (χ4n) is 6.22. The first kappa shape index (κ1) is 28.9. The summed E-state index contributed by atoms with van der Waals surface area (Å²) in [6.45, 7) is 12.0. The molecule has 1 saturated heterocycles. The number of urea groups is 1. The molecule has 0 aromatic carbocycles. The number of nitrogens with one attached hydrogen (secondary N) is 3. The molecule has 1 heterocycles. The topological polar surface area (TPSA) is 151 Å². The van der Waals surface area contributed by atoms with Crippen molar-refractivity contribution in [2.45, 2.75) is 111 Å². The van der Waals surface area contributed by atoms with Crippen LogP contribution in [-0.2, 0) is 19.2 Å². The zero-order valence-electron chi connectivity index (χ0n) is 23.2. The van der Waals surface area contributed by atoms with Gasteiger partial charge in [0.25, 0.3) is 5.91 Å². The molecule has 2 saturated carbocycles. The Hall–Kier alpha value is -2.65. The van der Waals surface area contributed by atoms with Gasteiger partial charge in [-0.15, -0.1) is 0 Å². The second kappa shape index (κ2) is 11.0. The van der Waals surface area contributed by atoms with E-state index < -0.39 is 41.1 Å². The Labute approximate surface area is 220 Å². The van der Waals surface area contributed by atoms with E-state index in [0.29, 0.717) is 13.0 Å². The molecule has 10 nitrogen and oxygen atoms in total. The minimum absolute atomic E-state index is 0.0703. The number of carbonyl (C=O) groups excluding carboxylic acids is 5. The highest BCUT2D eigenvalue weighted by molar-refractivity contribution is 6.37. The number of rotatable bonds is 9. The van der Waals surface area contributed by atoms with E-state index in [1.165, 1.54) is 6.42 Å². The maximum atomic E-state index is 13.9. The number of hydrogen-bond donors (Lipinski definition) is 4. The minimum atomic E-state index is -1.09. The van der Waals surface area contributed by atoms with Crippen LogP contribution in [0.4, 0.5) is 4.79 Å². The molecule has 1 aliphatic heterocycles. The number of ketones is 1. The first-order chi connectivity index (χ1) is 17.2. The second-order valence-electron chi connectivity index (χ2n) is 12.7. The van der Waals surface area contributed by atoms with Gasteiger partial charge in [-0.25, -0.2) is 4.79 Å². The number of fused-ring (bicyclic) bond motifs is 1. The average molecular weight is 520 g/mol. The molecule has 3 rings (SSSR count). The highest BCUT2D eigenvalue weighted by Crippen LogP contribution is 2.65. The van der Waals surface area contributed by atoms with Crippen molar-refractivity contribution in [2.24, 2.45) is 28.4 Å². The molecule has 5 amide bonds. The Morgan fingerprint density at radius 1 is 1.03 bits per heavy atom. The summed E-state index contributed by atoms with van der Waals surface area (Å²) in [6.07, 6.45) is 6.03. The molecule has 0 aromatic rings. The normalized spacial score (nSPS) is 26.4. The lowest BCUT2D eigenvalue weighted by Gasteiger charge is -2.38. The van der Waals surface area contributed by atoms with Crippen LogP contribution in [0, 0.1) is 22.7 Å². The Morgan fingerprint density at radius 2 is 1.65 bits per heavy atom. The van der Waals surface area contributed by atoms with E-state index in [-0.39, 0.29) is 41.7 Å². The number of amides is 5. The van der Waals surface area contributed by atoms with Gasteiger partial charge in [0.1, 0.15) is 12.1 Å². The smallest absolute Gasteiger partial charge is 0.315 e. The molecular formula is C27H45N5O5. The maximum absolute atomic E-state index is 13.9. The molecule has 0 spiro atoms. The van der Waals surface area contributed by atoms with E-state index in [1.54, 1.807) is 4.90 Å². The van der Waals surface area contributed by atoms with E-state index in [1.807, 2.05) is 27.7 Å². The Balaban J connectivity index is 1.79. The lowest BCUT2D eigenvalue weighted by Crippen LogP contribution is -2.61. The van der Waals surface area contributed by atoms with Crippen LogP contribution in [0.2, 0.25) is 0 Å². The van der Waals surface area contributed by atoms with Crippen LogP contribution in [0.15, 0.2) is 0 Å². The summed E-state index contributed by atoms with van der Waals surface area (Å²) in [6, 6.07) is -2.93.